The lowest BCUT2D eigenvalue weighted by atomic mass is 10.2. The first-order valence-corrected chi connectivity index (χ1v) is 7.57. The molecule has 0 N–H and O–H groups in total. The van der Waals surface area contributed by atoms with Gasteiger partial charge in [0.15, 0.2) is 0 Å². The lowest BCUT2D eigenvalue weighted by molar-refractivity contribution is 0.405. The van der Waals surface area contributed by atoms with Crippen LogP contribution < -0.4 is 4.74 Å². The minimum atomic E-state index is 0.515. The van der Waals surface area contributed by atoms with Gasteiger partial charge in [-0.2, -0.15) is 4.80 Å². The van der Waals surface area contributed by atoms with Crippen molar-refractivity contribution in [3.63, 3.8) is 0 Å². The highest BCUT2D eigenvalue weighted by Crippen LogP contribution is 2.24. The molecule has 0 aliphatic rings. The summed E-state index contributed by atoms with van der Waals surface area (Å²) in [7, 11) is 1.65. The number of nitrogens with zero attached hydrogens (tertiary/aromatic N) is 4. The normalized spacial score (nSPS) is 10.7. The predicted molar refractivity (Wildman–Crippen MR) is 80.9 cm³/mol. The topological polar surface area (TPSA) is 52.8 Å². The zero-order valence-electron chi connectivity index (χ0n) is 10.7. The van der Waals surface area contributed by atoms with Crippen LogP contribution in [0.15, 0.2) is 40.2 Å². The Morgan fingerprint density at radius 2 is 2.25 bits per heavy atom. The Labute approximate surface area is 128 Å². The second kappa shape index (κ2) is 5.72. The van der Waals surface area contributed by atoms with E-state index in [1.54, 1.807) is 23.2 Å². The second-order valence-electron chi connectivity index (χ2n) is 4.08. The number of halogens is 1. The summed E-state index contributed by atoms with van der Waals surface area (Å²) in [5, 5.41) is 14.5. The van der Waals surface area contributed by atoms with Gasteiger partial charge in [-0.25, -0.2) is 0 Å². The molecular formula is C13H11BrN4OS. The molecule has 5 nitrogen and oxygen atoms in total. The fourth-order valence-corrected chi connectivity index (χ4v) is 2.89. The number of aromatic nitrogens is 4. The Morgan fingerprint density at radius 1 is 1.35 bits per heavy atom. The van der Waals surface area contributed by atoms with E-state index in [9.17, 15) is 0 Å². The van der Waals surface area contributed by atoms with Crippen molar-refractivity contribution in [2.45, 2.75) is 6.54 Å². The van der Waals surface area contributed by atoms with E-state index >= 15 is 0 Å². The van der Waals surface area contributed by atoms with Crippen LogP contribution in [0.2, 0.25) is 0 Å². The molecule has 0 fully saturated rings. The number of hydrogen-bond acceptors (Lipinski definition) is 5. The first-order valence-electron chi connectivity index (χ1n) is 5.90. The summed E-state index contributed by atoms with van der Waals surface area (Å²) in [4.78, 5) is 2.58. The van der Waals surface area contributed by atoms with Gasteiger partial charge in [-0.15, -0.1) is 21.5 Å². The number of rotatable bonds is 4. The predicted octanol–water partition coefficient (Wildman–Crippen LogP) is 3.22. The molecule has 0 bridgehead atoms. The van der Waals surface area contributed by atoms with Gasteiger partial charge < -0.3 is 4.74 Å². The zero-order valence-corrected chi connectivity index (χ0v) is 13.1. The summed E-state index contributed by atoms with van der Waals surface area (Å²) in [5.74, 6) is 1.46. The minimum absolute atomic E-state index is 0.515. The maximum absolute atomic E-state index is 5.34. The van der Waals surface area contributed by atoms with Crippen LogP contribution in [0.4, 0.5) is 0 Å². The number of thiophene rings is 1. The Balaban J connectivity index is 1.87. The van der Waals surface area contributed by atoms with Crippen molar-refractivity contribution in [1.29, 1.82) is 0 Å². The van der Waals surface area contributed by atoms with Crippen LogP contribution in [0.25, 0.3) is 10.7 Å². The monoisotopic (exact) mass is 350 g/mol. The van der Waals surface area contributed by atoms with E-state index in [4.69, 9.17) is 4.74 Å². The number of benzene rings is 1. The van der Waals surface area contributed by atoms with E-state index < -0.39 is 0 Å². The van der Waals surface area contributed by atoms with Gasteiger partial charge in [-0.3, -0.25) is 0 Å². The van der Waals surface area contributed by atoms with Crippen molar-refractivity contribution in [2.75, 3.05) is 7.11 Å². The summed E-state index contributed by atoms with van der Waals surface area (Å²) < 4.78 is 6.34. The first kappa shape index (κ1) is 13.3. The third-order valence-corrected chi connectivity index (χ3v) is 4.11. The molecule has 0 amide bonds. The van der Waals surface area contributed by atoms with Crippen LogP contribution in [0.3, 0.4) is 0 Å². The smallest absolute Gasteiger partial charge is 0.214 e. The Hall–Kier alpha value is -1.73. The highest BCUT2D eigenvalue weighted by Gasteiger charge is 2.10. The maximum atomic E-state index is 5.34. The van der Waals surface area contributed by atoms with Gasteiger partial charge in [0.25, 0.3) is 0 Å². The SMILES string of the molecule is COc1ccc(Br)cc1Cn1nnc(-c2cccs2)n1. The van der Waals surface area contributed by atoms with Crippen LogP contribution >= 0.6 is 27.3 Å². The van der Waals surface area contributed by atoms with E-state index in [1.807, 2.05) is 35.7 Å². The Morgan fingerprint density at radius 3 is 3.00 bits per heavy atom. The van der Waals surface area contributed by atoms with Crippen LogP contribution in [-0.2, 0) is 6.54 Å². The van der Waals surface area contributed by atoms with Crippen molar-refractivity contribution in [2.24, 2.45) is 0 Å². The number of ether oxygens (including phenoxy) is 1. The summed E-state index contributed by atoms with van der Waals surface area (Å²) >= 11 is 5.05. The molecule has 0 spiro atoms. The molecule has 0 saturated heterocycles. The van der Waals surface area contributed by atoms with Crippen LogP contribution in [0.1, 0.15) is 5.56 Å². The largest absolute Gasteiger partial charge is 0.496 e. The molecule has 1 aromatic carbocycles. The molecule has 102 valence electrons. The van der Waals surface area contributed by atoms with Crippen LogP contribution in [0, 0.1) is 0 Å². The Kier molecular flexibility index (Phi) is 3.79. The van der Waals surface area contributed by atoms with E-state index in [1.165, 1.54) is 0 Å². The molecule has 0 saturated carbocycles. The molecule has 0 aliphatic carbocycles. The van der Waals surface area contributed by atoms with Gasteiger partial charge >= 0.3 is 0 Å². The highest BCUT2D eigenvalue weighted by atomic mass is 79.9. The molecule has 0 radical (unpaired) electrons. The van der Waals surface area contributed by atoms with Gasteiger partial charge in [0.2, 0.25) is 5.82 Å². The quantitative estimate of drug-likeness (QED) is 0.724. The van der Waals surface area contributed by atoms with E-state index in [2.05, 4.69) is 31.3 Å². The van der Waals surface area contributed by atoms with E-state index in [-0.39, 0.29) is 0 Å². The molecule has 7 heteroatoms. The molecule has 2 aromatic heterocycles. The van der Waals surface area contributed by atoms with E-state index in [0.717, 1.165) is 20.7 Å². The molecule has 2 heterocycles. The maximum Gasteiger partial charge on any atom is 0.214 e. The summed E-state index contributed by atoms with van der Waals surface area (Å²) in [6.07, 6.45) is 0. The fourth-order valence-electron chi connectivity index (χ4n) is 1.84. The van der Waals surface area contributed by atoms with Crippen molar-refractivity contribution >= 4 is 27.3 Å². The molecular weight excluding hydrogens is 340 g/mol. The molecule has 3 aromatic rings. The Bertz CT molecular complexity index is 711. The zero-order chi connectivity index (χ0) is 13.9. The summed E-state index contributed by atoms with van der Waals surface area (Å²) in [5.41, 5.74) is 0.997. The fraction of sp³-hybridized carbons (Fsp3) is 0.154. The van der Waals surface area contributed by atoms with E-state index in [0.29, 0.717) is 12.4 Å². The standard InChI is InChI=1S/C13H11BrN4OS/c1-19-11-5-4-10(14)7-9(11)8-18-16-13(15-17-18)12-3-2-6-20-12/h2-7H,8H2,1H3. The molecule has 0 aliphatic heterocycles. The van der Waals surface area contributed by atoms with Gasteiger partial charge in [-0.05, 0) is 34.9 Å². The second-order valence-corrected chi connectivity index (χ2v) is 5.94. The van der Waals surface area contributed by atoms with Crippen molar-refractivity contribution in [3.8, 4) is 16.5 Å². The van der Waals surface area contributed by atoms with Crippen molar-refractivity contribution in [3.05, 3.63) is 45.7 Å². The van der Waals surface area contributed by atoms with Gasteiger partial charge in [-0.1, -0.05) is 22.0 Å². The number of tetrazole rings is 1. The van der Waals surface area contributed by atoms with Gasteiger partial charge in [0.1, 0.15) is 5.75 Å². The first-order chi connectivity index (χ1) is 9.76. The molecule has 3 rings (SSSR count). The number of hydrogen-bond donors (Lipinski definition) is 0. The summed E-state index contributed by atoms with van der Waals surface area (Å²) in [6, 6.07) is 9.79. The van der Waals surface area contributed by atoms with Gasteiger partial charge in [0.05, 0.1) is 18.5 Å². The lowest BCUT2D eigenvalue weighted by Gasteiger charge is -2.07. The number of methoxy groups -OCH3 is 1. The van der Waals surface area contributed by atoms with Crippen molar-refractivity contribution in [1.82, 2.24) is 20.2 Å². The minimum Gasteiger partial charge on any atom is -0.496 e. The average Bonchev–Trinajstić information content (AvgIpc) is 3.09. The van der Waals surface area contributed by atoms with Gasteiger partial charge in [0, 0.05) is 10.0 Å². The highest BCUT2D eigenvalue weighted by molar-refractivity contribution is 9.10. The van der Waals surface area contributed by atoms with Crippen LogP contribution in [0.5, 0.6) is 5.75 Å². The van der Waals surface area contributed by atoms with Crippen LogP contribution in [-0.4, -0.2) is 27.3 Å². The van der Waals surface area contributed by atoms with Crippen molar-refractivity contribution < 1.29 is 4.74 Å². The third kappa shape index (κ3) is 2.73. The molecule has 0 unspecified atom stereocenters. The molecule has 20 heavy (non-hydrogen) atoms. The average molecular weight is 351 g/mol. The summed E-state index contributed by atoms with van der Waals surface area (Å²) in [6.45, 7) is 0.515. The third-order valence-electron chi connectivity index (χ3n) is 2.75. The lowest BCUT2D eigenvalue weighted by Crippen LogP contribution is -2.05. The molecule has 0 atom stereocenters.